The Kier molecular flexibility index (Phi) is 5.81. The molecule has 1 N–H and O–H groups in total. The number of benzene rings is 1. The van der Waals surface area contributed by atoms with E-state index in [1.165, 1.54) is 0 Å². The molecule has 7 nitrogen and oxygen atoms in total. The van der Waals surface area contributed by atoms with Crippen LogP contribution < -0.4 is 14.8 Å². The van der Waals surface area contributed by atoms with Crippen LogP contribution in [0.3, 0.4) is 0 Å². The first kappa shape index (κ1) is 17.1. The Morgan fingerprint density at radius 3 is 2.78 bits per heavy atom. The van der Waals surface area contributed by atoms with Gasteiger partial charge < -0.3 is 19.7 Å². The first-order chi connectivity index (χ1) is 11.0. The zero-order chi connectivity index (χ0) is 16.8. The number of para-hydroxylation sites is 1. The second-order valence-corrected chi connectivity index (χ2v) is 5.46. The Labute approximate surface area is 136 Å². The lowest BCUT2D eigenvalue weighted by atomic mass is 10.1. The number of hydrogen-bond acceptors (Lipinski definition) is 5. The number of ether oxygens (including phenoxy) is 2. The molecular weight excluding hydrogens is 298 g/mol. The topological polar surface area (TPSA) is 71.1 Å². The maximum absolute atomic E-state index is 12.4. The SMILES string of the molecule is COc1cccc(CN(C)C(=O)CN2CCNC(=O)C2)c1OC. The van der Waals surface area contributed by atoms with Crippen LogP contribution in [0.25, 0.3) is 0 Å². The number of nitrogens with zero attached hydrogens (tertiary/aromatic N) is 2. The van der Waals surface area contributed by atoms with E-state index in [2.05, 4.69) is 5.32 Å². The molecule has 1 aromatic carbocycles. The number of methoxy groups -OCH3 is 2. The summed E-state index contributed by atoms with van der Waals surface area (Å²) in [4.78, 5) is 27.2. The van der Waals surface area contributed by atoms with Crippen LogP contribution in [-0.4, -0.2) is 69.1 Å². The summed E-state index contributed by atoms with van der Waals surface area (Å²) in [6.07, 6.45) is 0. The zero-order valence-corrected chi connectivity index (χ0v) is 13.8. The molecular formula is C16H23N3O4. The van der Waals surface area contributed by atoms with Crippen molar-refractivity contribution < 1.29 is 19.1 Å². The van der Waals surface area contributed by atoms with Gasteiger partial charge >= 0.3 is 0 Å². The van der Waals surface area contributed by atoms with Crippen LogP contribution >= 0.6 is 0 Å². The predicted octanol–water partition coefficient (Wildman–Crippen LogP) is 0.0940. The normalized spacial score (nSPS) is 15.0. The molecule has 2 amide bonds. The van der Waals surface area contributed by atoms with Crippen molar-refractivity contribution >= 4 is 11.8 Å². The fourth-order valence-corrected chi connectivity index (χ4v) is 2.56. The van der Waals surface area contributed by atoms with Crippen molar-refractivity contribution in [2.45, 2.75) is 6.54 Å². The van der Waals surface area contributed by atoms with Crippen molar-refractivity contribution in [3.63, 3.8) is 0 Å². The van der Waals surface area contributed by atoms with Gasteiger partial charge in [-0.2, -0.15) is 0 Å². The summed E-state index contributed by atoms with van der Waals surface area (Å²) in [6.45, 7) is 2.19. The maximum atomic E-state index is 12.4. The highest BCUT2D eigenvalue weighted by Crippen LogP contribution is 2.31. The number of likely N-dealkylation sites (N-methyl/N-ethyl adjacent to an activating group) is 1. The maximum Gasteiger partial charge on any atom is 0.236 e. The molecule has 7 heteroatoms. The molecule has 0 spiro atoms. The average Bonchev–Trinajstić information content (AvgIpc) is 2.54. The Hall–Kier alpha value is -2.28. The van der Waals surface area contributed by atoms with Crippen LogP contribution in [0, 0.1) is 0 Å². The molecule has 1 aliphatic rings. The van der Waals surface area contributed by atoms with Crippen molar-refractivity contribution in [2.75, 3.05) is 47.4 Å². The molecule has 0 aliphatic carbocycles. The van der Waals surface area contributed by atoms with Gasteiger partial charge in [0, 0.05) is 32.2 Å². The molecule has 0 unspecified atom stereocenters. The number of hydrogen-bond donors (Lipinski definition) is 1. The van der Waals surface area contributed by atoms with Crippen LogP contribution in [0.15, 0.2) is 18.2 Å². The van der Waals surface area contributed by atoms with Crippen molar-refractivity contribution in [1.29, 1.82) is 0 Å². The predicted molar refractivity (Wildman–Crippen MR) is 85.5 cm³/mol. The smallest absolute Gasteiger partial charge is 0.236 e. The Bertz CT molecular complexity index is 576. The van der Waals surface area contributed by atoms with Crippen LogP contribution in [0.2, 0.25) is 0 Å². The summed E-state index contributed by atoms with van der Waals surface area (Å²) >= 11 is 0. The second-order valence-electron chi connectivity index (χ2n) is 5.46. The lowest BCUT2D eigenvalue weighted by Crippen LogP contribution is -2.50. The second kappa shape index (κ2) is 7.82. The number of carbonyl (C=O) groups excluding carboxylic acids is 2. The minimum Gasteiger partial charge on any atom is -0.493 e. The highest BCUT2D eigenvalue weighted by atomic mass is 16.5. The number of rotatable bonds is 6. The van der Waals surface area contributed by atoms with Gasteiger partial charge in [0.15, 0.2) is 11.5 Å². The molecule has 1 aromatic rings. The van der Waals surface area contributed by atoms with Crippen molar-refractivity contribution in [3.05, 3.63) is 23.8 Å². The average molecular weight is 321 g/mol. The minimum atomic E-state index is -0.0406. The van der Waals surface area contributed by atoms with Crippen molar-refractivity contribution in [2.24, 2.45) is 0 Å². The van der Waals surface area contributed by atoms with Crippen LogP contribution in [0.5, 0.6) is 11.5 Å². The lowest BCUT2D eigenvalue weighted by Gasteiger charge is -2.28. The molecule has 1 heterocycles. The third kappa shape index (κ3) is 4.35. The molecule has 126 valence electrons. The van der Waals surface area contributed by atoms with Gasteiger partial charge in [0.1, 0.15) is 0 Å². The summed E-state index contributed by atoms with van der Waals surface area (Å²) < 4.78 is 10.7. The number of carbonyl (C=O) groups is 2. The summed E-state index contributed by atoms with van der Waals surface area (Å²) in [6, 6.07) is 5.58. The van der Waals surface area contributed by atoms with E-state index >= 15 is 0 Å². The molecule has 0 saturated carbocycles. The number of piperazine rings is 1. The molecule has 0 bridgehead atoms. The minimum absolute atomic E-state index is 0.0374. The first-order valence-electron chi connectivity index (χ1n) is 7.48. The Balaban J connectivity index is 1.99. The van der Waals surface area contributed by atoms with E-state index < -0.39 is 0 Å². The van der Waals surface area contributed by atoms with Gasteiger partial charge in [-0.1, -0.05) is 12.1 Å². The lowest BCUT2D eigenvalue weighted by molar-refractivity contribution is -0.133. The quantitative estimate of drug-likeness (QED) is 0.804. The molecule has 1 fully saturated rings. The molecule has 1 saturated heterocycles. The van der Waals surface area contributed by atoms with E-state index in [-0.39, 0.29) is 24.9 Å². The highest BCUT2D eigenvalue weighted by molar-refractivity contribution is 5.81. The summed E-state index contributed by atoms with van der Waals surface area (Å²) in [5.41, 5.74) is 0.874. The van der Waals surface area contributed by atoms with E-state index in [9.17, 15) is 9.59 Å². The van der Waals surface area contributed by atoms with Crippen LogP contribution in [0.4, 0.5) is 0 Å². The highest BCUT2D eigenvalue weighted by Gasteiger charge is 2.21. The molecule has 0 atom stereocenters. The van der Waals surface area contributed by atoms with Gasteiger partial charge in [-0.05, 0) is 6.07 Å². The van der Waals surface area contributed by atoms with Crippen molar-refractivity contribution in [3.8, 4) is 11.5 Å². The van der Waals surface area contributed by atoms with E-state index in [0.717, 1.165) is 5.56 Å². The van der Waals surface area contributed by atoms with E-state index in [1.54, 1.807) is 26.2 Å². The number of nitrogens with one attached hydrogen (secondary N) is 1. The monoisotopic (exact) mass is 321 g/mol. The van der Waals surface area contributed by atoms with E-state index in [0.29, 0.717) is 31.1 Å². The van der Waals surface area contributed by atoms with Crippen LogP contribution in [-0.2, 0) is 16.1 Å². The van der Waals surface area contributed by atoms with Gasteiger partial charge in [-0.25, -0.2) is 0 Å². The number of amides is 2. The molecule has 0 radical (unpaired) electrons. The fraction of sp³-hybridized carbons (Fsp3) is 0.500. The largest absolute Gasteiger partial charge is 0.493 e. The van der Waals surface area contributed by atoms with Gasteiger partial charge in [0.25, 0.3) is 0 Å². The molecule has 23 heavy (non-hydrogen) atoms. The Morgan fingerprint density at radius 1 is 1.35 bits per heavy atom. The van der Waals surface area contributed by atoms with Gasteiger partial charge in [-0.3, -0.25) is 14.5 Å². The van der Waals surface area contributed by atoms with Gasteiger partial charge in [0.2, 0.25) is 11.8 Å². The Morgan fingerprint density at radius 2 is 2.13 bits per heavy atom. The van der Waals surface area contributed by atoms with Gasteiger partial charge in [-0.15, -0.1) is 0 Å². The fourth-order valence-electron chi connectivity index (χ4n) is 2.56. The molecule has 1 aliphatic heterocycles. The zero-order valence-electron chi connectivity index (χ0n) is 13.8. The third-order valence-electron chi connectivity index (χ3n) is 3.79. The summed E-state index contributed by atoms with van der Waals surface area (Å²) in [7, 11) is 4.90. The van der Waals surface area contributed by atoms with Crippen LogP contribution in [0.1, 0.15) is 5.56 Å². The first-order valence-corrected chi connectivity index (χ1v) is 7.48. The molecule has 0 aromatic heterocycles. The molecule has 2 rings (SSSR count). The van der Waals surface area contributed by atoms with E-state index in [4.69, 9.17) is 9.47 Å². The standard InChI is InChI=1S/C16H23N3O4/c1-18(15(21)11-19-8-7-17-14(20)10-19)9-12-5-4-6-13(22-2)16(12)23-3/h4-6H,7-11H2,1-3H3,(H,17,20). The van der Waals surface area contributed by atoms with Crippen molar-refractivity contribution in [1.82, 2.24) is 15.1 Å². The third-order valence-corrected chi connectivity index (χ3v) is 3.79. The summed E-state index contributed by atoms with van der Waals surface area (Å²) in [5.74, 6) is 1.19. The van der Waals surface area contributed by atoms with E-state index in [1.807, 2.05) is 23.1 Å². The van der Waals surface area contributed by atoms with Gasteiger partial charge in [0.05, 0.1) is 27.3 Å². The summed E-state index contributed by atoms with van der Waals surface area (Å²) in [5, 5.41) is 2.75.